The maximum atomic E-state index is 3.87. The molecule has 2 nitrogen and oxygen atoms in total. The number of nitrogens with zero attached hydrogens (tertiary/aromatic N) is 1. The summed E-state index contributed by atoms with van der Waals surface area (Å²) in [5, 5.41) is 3.87. The molecule has 0 spiro atoms. The van der Waals surface area contributed by atoms with Gasteiger partial charge in [0.25, 0.3) is 0 Å². The van der Waals surface area contributed by atoms with Crippen molar-refractivity contribution in [2.75, 3.05) is 20.1 Å². The van der Waals surface area contributed by atoms with E-state index in [2.05, 4.69) is 61.4 Å². The molecule has 0 amide bonds. The summed E-state index contributed by atoms with van der Waals surface area (Å²) in [7, 11) is 2.22. The number of nitrogens with one attached hydrogen (secondary N) is 1. The van der Waals surface area contributed by atoms with E-state index in [-0.39, 0.29) is 0 Å². The lowest BCUT2D eigenvalue weighted by molar-refractivity contribution is 0.214. The van der Waals surface area contributed by atoms with Gasteiger partial charge in [-0.15, -0.1) is 0 Å². The Bertz CT molecular complexity index is 339. The summed E-state index contributed by atoms with van der Waals surface area (Å²) < 4.78 is 0. The van der Waals surface area contributed by atoms with Crippen LogP contribution in [0.2, 0.25) is 0 Å². The first-order chi connectivity index (χ1) is 8.66. The molecule has 1 unspecified atom stereocenters. The van der Waals surface area contributed by atoms with E-state index in [4.69, 9.17) is 0 Å². The molecule has 1 aromatic carbocycles. The van der Waals surface area contributed by atoms with Gasteiger partial charge in [0.1, 0.15) is 0 Å². The van der Waals surface area contributed by atoms with Crippen molar-refractivity contribution in [2.45, 2.75) is 38.8 Å². The average molecular weight is 246 g/mol. The van der Waals surface area contributed by atoms with Crippen molar-refractivity contribution in [1.82, 2.24) is 10.2 Å². The second kappa shape index (κ2) is 6.35. The van der Waals surface area contributed by atoms with Crippen molar-refractivity contribution in [3.63, 3.8) is 0 Å². The predicted octanol–water partition coefficient (Wildman–Crippen LogP) is 3.07. The van der Waals surface area contributed by atoms with Crippen molar-refractivity contribution in [1.29, 1.82) is 0 Å². The van der Waals surface area contributed by atoms with Gasteiger partial charge in [0.15, 0.2) is 0 Å². The van der Waals surface area contributed by atoms with Crippen LogP contribution in [0, 0.1) is 5.92 Å². The highest BCUT2D eigenvalue weighted by atomic mass is 15.1. The Hall–Kier alpha value is -0.860. The molecular weight excluding hydrogens is 220 g/mol. The summed E-state index contributed by atoms with van der Waals surface area (Å²) in [6, 6.07) is 12.0. The van der Waals surface area contributed by atoms with Crippen LogP contribution in [0.1, 0.15) is 38.3 Å². The quantitative estimate of drug-likeness (QED) is 0.878. The number of likely N-dealkylation sites (tertiary alicyclic amines) is 1. The molecule has 2 rings (SSSR count). The molecule has 1 N–H and O–H groups in total. The van der Waals surface area contributed by atoms with Crippen LogP contribution in [-0.2, 0) is 0 Å². The molecule has 0 radical (unpaired) electrons. The van der Waals surface area contributed by atoms with Crippen molar-refractivity contribution in [3.05, 3.63) is 35.9 Å². The van der Waals surface area contributed by atoms with Gasteiger partial charge in [-0.05, 0) is 44.5 Å². The smallest absolute Gasteiger partial charge is 0.0345 e. The molecule has 1 aromatic rings. The summed E-state index contributed by atoms with van der Waals surface area (Å²) in [6.45, 7) is 7.05. The summed E-state index contributed by atoms with van der Waals surface area (Å²) in [6.07, 6.45) is 2.54. The number of hydrogen-bond acceptors (Lipinski definition) is 2. The van der Waals surface area contributed by atoms with Gasteiger partial charge < -0.3 is 10.2 Å². The second-order valence-corrected chi connectivity index (χ2v) is 5.88. The van der Waals surface area contributed by atoms with Crippen molar-refractivity contribution in [2.24, 2.45) is 5.92 Å². The lowest BCUT2D eigenvalue weighted by Crippen LogP contribution is -2.43. The van der Waals surface area contributed by atoms with Gasteiger partial charge >= 0.3 is 0 Å². The fourth-order valence-corrected chi connectivity index (χ4v) is 2.76. The number of benzene rings is 1. The highest BCUT2D eigenvalue weighted by Gasteiger charge is 2.22. The molecular formula is C16H26N2. The summed E-state index contributed by atoms with van der Waals surface area (Å²) in [5.74, 6) is 0.632. The maximum Gasteiger partial charge on any atom is 0.0345 e. The van der Waals surface area contributed by atoms with Gasteiger partial charge in [-0.2, -0.15) is 0 Å². The molecule has 100 valence electrons. The molecule has 1 aliphatic heterocycles. The van der Waals surface area contributed by atoms with Crippen LogP contribution in [0.5, 0.6) is 0 Å². The first-order valence-electron chi connectivity index (χ1n) is 7.16. The zero-order valence-corrected chi connectivity index (χ0v) is 11.9. The molecule has 0 saturated carbocycles. The van der Waals surface area contributed by atoms with E-state index in [9.17, 15) is 0 Å². The van der Waals surface area contributed by atoms with Crippen LogP contribution >= 0.6 is 0 Å². The van der Waals surface area contributed by atoms with E-state index in [1.807, 2.05) is 0 Å². The largest absolute Gasteiger partial charge is 0.307 e. The fourth-order valence-electron chi connectivity index (χ4n) is 2.76. The van der Waals surface area contributed by atoms with Crippen LogP contribution in [0.15, 0.2) is 30.3 Å². The van der Waals surface area contributed by atoms with Crippen LogP contribution in [0.3, 0.4) is 0 Å². The van der Waals surface area contributed by atoms with Crippen LogP contribution in [-0.4, -0.2) is 31.1 Å². The third-order valence-corrected chi connectivity index (χ3v) is 3.96. The maximum absolute atomic E-state index is 3.87. The molecule has 0 bridgehead atoms. The van der Waals surface area contributed by atoms with Gasteiger partial charge in [0, 0.05) is 12.1 Å². The zero-order chi connectivity index (χ0) is 13.0. The molecule has 1 aliphatic rings. The fraction of sp³-hybridized carbons (Fsp3) is 0.625. The monoisotopic (exact) mass is 246 g/mol. The second-order valence-electron chi connectivity index (χ2n) is 5.88. The molecule has 2 heteroatoms. The Balaban J connectivity index is 1.99. The normalized spacial score (nSPS) is 20.2. The Morgan fingerprint density at radius 2 is 1.72 bits per heavy atom. The predicted molar refractivity (Wildman–Crippen MR) is 77.7 cm³/mol. The van der Waals surface area contributed by atoms with E-state index in [1.54, 1.807) is 0 Å². The highest BCUT2D eigenvalue weighted by molar-refractivity contribution is 5.19. The van der Waals surface area contributed by atoms with Crippen LogP contribution in [0.25, 0.3) is 0 Å². The first-order valence-corrected chi connectivity index (χ1v) is 7.16. The minimum atomic E-state index is 0.486. The standard InChI is InChI=1S/C16H26N2/c1-13(2)16(14-7-5-4-6-8-14)17-15-9-11-18(3)12-10-15/h4-8,13,15-17H,9-12H2,1-3H3. The Kier molecular flexibility index (Phi) is 4.79. The molecule has 0 aromatic heterocycles. The van der Waals surface area contributed by atoms with Crippen LogP contribution in [0.4, 0.5) is 0 Å². The zero-order valence-electron chi connectivity index (χ0n) is 11.9. The van der Waals surface area contributed by atoms with E-state index in [0.29, 0.717) is 18.0 Å². The molecule has 0 aliphatic carbocycles. The topological polar surface area (TPSA) is 15.3 Å². The molecule has 1 saturated heterocycles. The molecule has 1 heterocycles. The van der Waals surface area contributed by atoms with Crippen molar-refractivity contribution < 1.29 is 0 Å². The van der Waals surface area contributed by atoms with E-state index >= 15 is 0 Å². The van der Waals surface area contributed by atoms with E-state index in [0.717, 1.165) is 0 Å². The average Bonchev–Trinajstić information content (AvgIpc) is 2.38. The Labute approximate surface area is 111 Å². The number of piperidine rings is 1. The SMILES string of the molecule is CC(C)C(NC1CCN(C)CC1)c1ccccc1. The first kappa shape index (κ1) is 13.6. The van der Waals surface area contributed by atoms with Gasteiger partial charge in [0.2, 0.25) is 0 Å². The number of hydrogen-bond donors (Lipinski definition) is 1. The Morgan fingerprint density at radius 1 is 1.11 bits per heavy atom. The Morgan fingerprint density at radius 3 is 2.28 bits per heavy atom. The lowest BCUT2D eigenvalue weighted by atomic mass is 9.93. The summed E-state index contributed by atoms with van der Waals surface area (Å²) in [4.78, 5) is 2.42. The van der Waals surface area contributed by atoms with Gasteiger partial charge in [-0.25, -0.2) is 0 Å². The van der Waals surface area contributed by atoms with Crippen molar-refractivity contribution in [3.8, 4) is 0 Å². The van der Waals surface area contributed by atoms with Gasteiger partial charge in [0.05, 0.1) is 0 Å². The van der Waals surface area contributed by atoms with E-state index < -0.39 is 0 Å². The van der Waals surface area contributed by atoms with Crippen molar-refractivity contribution >= 4 is 0 Å². The highest BCUT2D eigenvalue weighted by Crippen LogP contribution is 2.23. The minimum absolute atomic E-state index is 0.486. The summed E-state index contributed by atoms with van der Waals surface area (Å²) in [5.41, 5.74) is 1.42. The number of rotatable bonds is 4. The molecule has 18 heavy (non-hydrogen) atoms. The minimum Gasteiger partial charge on any atom is -0.307 e. The van der Waals surface area contributed by atoms with Crippen LogP contribution < -0.4 is 5.32 Å². The third kappa shape index (κ3) is 3.56. The summed E-state index contributed by atoms with van der Waals surface area (Å²) >= 11 is 0. The van der Waals surface area contributed by atoms with Gasteiger partial charge in [-0.1, -0.05) is 44.2 Å². The molecule has 1 fully saturated rings. The molecule has 1 atom stereocenters. The lowest BCUT2D eigenvalue weighted by Gasteiger charge is -2.34. The third-order valence-electron chi connectivity index (χ3n) is 3.96. The van der Waals surface area contributed by atoms with Gasteiger partial charge in [-0.3, -0.25) is 0 Å². The van der Waals surface area contributed by atoms with E-state index in [1.165, 1.54) is 31.5 Å².